The van der Waals surface area contributed by atoms with Crippen molar-refractivity contribution in [1.82, 2.24) is 4.98 Å². The number of nitrogens with zero attached hydrogens (tertiary/aromatic N) is 1. The van der Waals surface area contributed by atoms with Gasteiger partial charge in [0.25, 0.3) is 0 Å². The highest BCUT2D eigenvalue weighted by atomic mass is 127. The van der Waals surface area contributed by atoms with Crippen LogP contribution in [-0.4, -0.2) is 10.9 Å². The lowest BCUT2D eigenvalue weighted by Gasteiger charge is -2.04. The Morgan fingerprint density at radius 1 is 1.56 bits per heavy atom. The number of carbonyl (C=O) groups excluding carboxylic acids is 1. The first-order valence-corrected chi connectivity index (χ1v) is 7.26. The summed E-state index contributed by atoms with van der Waals surface area (Å²) in [5, 5.41) is 4.74. The Hall–Kier alpha value is -1.21. The van der Waals surface area contributed by atoms with Crippen LogP contribution in [0.1, 0.15) is 10.4 Å². The quantitative estimate of drug-likeness (QED) is 0.661. The minimum atomic E-state index is -0.166. The second-order valence-electron chi connectivity index (χ2n) is 3.66. The minimum Gasteiger partial charge on any atom is -0.307 e. The van der Waals surface area contributed by atoms with Crippen LogP contribution in [0.2, 0.25) is 0 Å². The van der Waals surface area contributed by atoms with E-state index in [0.717, 1.165) is 14.0 Å². The number of thiophene rings is 1. The number of anilines is 1. The molecule has 0 saturated heterocycles. The fourth-order valence-corrected chi connectivity index (χ4v) is 2.60. The van der Waals surface area contributed by atoms with Crippen molar-refractivity contribution in [2.45, 2.75) is 6.92 Å². The van der Waals surface area contributed by atoms with Crippen LogP contribution < -0.4 is 5.32 Å². The highest BCUT2D eigenvalue weighted by Gasteiger charge is 2.03. The monoisotopic (exact) mass is 370 g/mol. The van der Waals surface area contributed by atoms with E-state index in [0.29, 0.717) is 5.82 Å². The molecule has 0 unspecified atom stereocenters. The molecule has 0 aliphatic rings. The molecule has 1 N–H and O–H groups in total. The summed E-state index contributed by atoms with van der Waals surface area (Å²) >= 11 is 3.78. The van der Waals surface area contributed by atoms with Crippen molar-refractivity contribution in [3.05, 3.63) is 49.9 Å². The maximum absolute atomic E-state index is 11.7. The Bertz CT molecular complexity index is 579. The highest BCUT2D eigenvalue weighted by molar-refractivity contribution is 14.1. The van der Waals surface area contributed by atoms with Crippen molar-refractivity contribution in [3.8, 4) is 0 Å². The number of rotatable bonds is 3. The Labute approximate surface area is 123 Å². The molecule has 0 spiro atoms. The van der Waals surface area contributed by atoms with E-state index in [1.807, 2.05) is 30.5 Å². The molecule has 0 aliphatic heterocycles. The normalized spacial score (nSPS) is 10.8. The summed E-state index contributed by atoms with van der Waals surface area (Å²) in [6, 6.07) is 5.89. The van der Waals surface area contributed by atoms with E-state index in [-0.39, 0.29) is 5.91 Å². The number of aryl methyl sites for hydroxylation is 1. The average Bonchev–Trinajstić information content (AvgIpc) is 2.83. The molecule has 0 atom stereocenters. The molecule has 0 aromatic carbocycles. The van der Waals surface area contributed by atoms with Gasteiger partial charge >= 0.3 is 0 Å². The summed E-state index contributed by atoms with van der Waals surface area (Å²) in [7, 11) is 0. The van der Waals surface area contributed by atoms with Crippen LogP contribution in [0.25, 0.3) is 6.08 Å². The van der Waals surface area contributed by atoms with Crippen molar-refractivity contribution in [1.29, 1.82) is 0 Å². The van der Waals surface area contributed by atoms with Gasteiger partial charge in [-0.3, -0.25) is 4.79 Å². The molecule has 92 valence electrons. The zero-order chi connectivity index (χ0) is 13.0. The molecule has 0 aliphatic carbocycles. The molecule has 0 saturated carbocycles. The molecule has 3 nitrogen and oxygen atoms in total. The summed E-state index contributed by atoms with van der Waals surface area (Å²) in [6.45, 7) is 1.92. The molecule has 1 amide bonds. The fraction of sp³-hybridized carbons (Fsp3) is 0.0769. The number of hydrogen-bond acceptors (Lipinski definition) is 3. The Kier molecular flexibility index (Phi) is 4.48. The molecule has 2 rings (SSSR count). The molecule has 0 fully saturated rings. The van der Waals surface area contributed by atoms with Crippen molar-refractivity contribution in [3.63, 3.8) is 0 Å². The Balaban J connectivity index is 2.03. The molecule has 0 radical (unpaired) electrons. The van der Waals surface area contributed by atoms with Gasteiger partial charge in [0.05, 0.1) is 0 Å². The van der Waals surface area contributed by atoms with Crippen molar-refractivity contribution < 1.29 is 4.79 Å². The molecule has 5 heteroatoms. The van der Waals surface area contributed by atoms with Gasteiger partial charge in [-0.15, -0.1) is 11.3 Å². The van der Waals surface area contributed by atoms with Crippen LogP contribution in [-0.2, 0) is 4.79 Å². The van der Waals surface area contributed by atoms with Crippen molar-refractivity contribution >= 4 is 51.7 Å². The zero-order valence-corrected chi connectivity index (χ0v) is 12.7. The van der Waals surface area contributed by atoms with E-state index in [9.17, 15) is 4.79 Å². The van der Waals surface area contributed by atoms with Gasteiger partial charge in [0.2, 0.25) is 5.91 Å². The van der Waals surface area contributed by atoms with Crippen molar-refractivity contribution in [2.24, 2.45) is 0 Å². The van der Waals surface area contributed by atoms with E-state index in [1.54, 1.807) is 23.6 Å². The summed E-state index contributed by atoms with van der Waals surface area (Å²) in [6.07, 6.45) is 5.04. The Morgan fingerprint density at radius 2 is 2.39 bits per heavy atom. The van der Waals surface area contributed by atoms with Crippen LogP contribution in [0.5, 0.6) is 0 Å². The van der Waals surface area contributed by atoms with Gasteiger partial charge in [0, 0.05) is 20.7 Å². The fourth-order valence-electron chi connectivity index (χ4n) is 1.37. The minimum absolute atomic E-state index is 0.166. The molecular formula is C13H11IN2OS. The molecular weight excluding hydrogens is 359 g/mol. The highest BCUT2D eigenvalue weighted by Crippen LogP contribution is 2.14. The summed E-state index contributed by atoms with van der Waals surface area (Å²) < 4.78 is 1.05. The third kappa shape index (κ3) is 3.64. The number of hydrogen-bond donors (Lipinski definition) is 1. The SMILES string of the molecule is Cc1cc(I)cnc1NC(=O)/C=C\c1cccs1. The number of halogens is 1. The average molecular weight is 370 g/mol. The van der Waals surface area contributed by atoms with Gasteiger partial charge in [-0.1, -0.05) is 6.07 Å². The number of nitrogens with one attached hydrogen (secondary N) is 1. The van der Waals surface area contributed by atoms with Gasteiger partial charge in [0.15, 0.2) is 0 Å². The van der Waals surface area contributed by atoms with Crippen LogP contribution in [0.3, 0.4) is 0 Å². The predicted octanol–water partition coefficient (Wildman–Crippen LogP) is 3.71. The van der Waals surface area contributed by atoms with Gasteiger partial charge < -0.3 is 5.32 Å². The second-order valence-corrected chi connectivity index (χ2v) is 5.88. The second kappa shape index (κ2) is 6.10. The predicted molar refractivity (Wildman–Crippen MR) is 83.7 cm³/mol. The van der Waals surface area contributed by atoms with E-state index in [4.69, 9.17) is 0 Å². The maximum Gasteiger partial charge on any atom is 0.249 e. The zero-order valence-electron chi connectivity index (χ0n) is 9.68. The topological polar surface area (TPSA) is 42.0 Å². The largest absolute Gasteiger partial charge is 0.307 e. The molecule has 0 bridgehead atoms. The van der Waals surface area contributed by atoms with E-state index in [2.05, 4.69) is 32.9 Å². The molecule has 2 heterocycles. The van der Waals surface area contributed by atoms with E-state index in [1.165, 1.54) is 6.08 Å². The standard InChI is InChI=1S/C13H11IN2OS/c1-9-7-10(14)8-15-13(9)16-12(17)5-4-11-3-2-6-18-11/h2-8H,1H3,(H,15,16,17)/b5-4-. The first kappa shape index (κ1) is 13.2. The van der Waals surface area contributed by atoms with E-state index >= 15 is 0 Å². The lowest BCUT2D eigenvalue weighted by molar-refractivity contribution is -0.111. The number of carbonyl (C=O) groups is 1. The first-order chi connectivity index (χ1) is 8.65. The third-order valence-electron chi connectivity index (χ3n) is 2.23. The molecule has 2 aromatic heterocycles. The van der Waals surface area contributed by atoms with Crippen LogP contribution in [0.15, 0.2) is 35.9 Å². The number of pyridine rings is 1. The Morgan fingerprint density at radius 3 is 3.06 bits per heavy atom. The van der Waals surface area contributed by atoms with Gasteiger partial charge in [-0.2, -0.15) is 0 Å². The first-order valence-electron chi connectivity index (χ1n) is 5.30. The lowest BCUT2D eigenvalue weighted by atomic mass is 10.3. The summed E-state index contributed by atoms with van der Waals surface area (Å²) in [5.74, 6) is 0.441. The molecule has 18 heavy (non-hydrogen) atoms. The smallest absolute Gasteiger partial charge is 0.249 e. The van der Waals surface area contributed by atoms with Crippen molar-refractivity contribution in [2.75, 3.05) is 5.32 Å². The van der Waals surface area contributed by atoms with E-state index < -0.39 is 0 Å². The summed E-state index contributed by atoms with van der Waals surface area (Å²) in [4.78, 5) is 17.0. The third-order valence-corrected chi connectivity index (χ3v) is 3.66. The van der Waals surface area contributed by atoms with Gasteiger partial charge in [-0.25, -0.2) is 4.98 Å². The van der Waals surface area contributed by atoms with Crippen LogP contribution >= 0.6 is 33.9 Å². The van der Waals surface area contributed by atoms with Crippen LogP contribution in [0, 0.1) is 10.5 Å². The van der Waals surface area contributed by atoms with Gasteiger partial charge in [-0.05, 0) is 58.7 Å². The maximum atomic E-state index is 11.7. The lowest BCUT2D eigenvalue weighted by Crippen LogP contribution is -2.10. The number of amides is 1. The summed E-state index contributed by atoms with van der Waals surface area (Å²) in [5.41, 5.74) is 0.958. The molecule has 2 aromatic rings. The van der Waals surface area contributed by atoms with Gasteiger partial charge in [0.1, 0.15) is 5.82 Å². The van der Waals surface area contributed by atoms with Crippen LogP contribution in [0.4, 0.5) is 5.82 Å². The number of aromatic nitrogens is 1.